The van der Waals surface area contributed by atoms with E-state index in [1.54, 1.807) is 30.3 Å². The van der Waals surface area contributed by atoms with Crippen molar-refractivity contribution >= 4 is 28.8 Å². The van der Waals surface area contributed by atoms with E-state index in [9.17, 15) is 32.3 Å². The van der Waals surface area contributed by atoms with Gasteiger partial charge in [-0.05, 0) is 41.5 Å². The lowest BCUT2D eigenvalue weighted by molar-refractivity contribution is -0.144. The number of rotatable bonds is 10. The minimum absolute atomic E-state index is 0.0389. The first kappa shape index (κ1) is 32.2. The third-order valence-electron chi connectivity index (χ3n) is 7.98. The molecule has 1 saturated heterocycles. The number of amides is 1. The summed E-state index contributed by atoms with van der Waals surface area (Å²) in [4.78, 5) is 58.3. The Kier molecular flexibility index (Phi) is 9.69. The Morgan fingerprint density at radius 2 is 1.43 bits per heavy atom. The number of carbonyl (C=O) groups is 3. The molecule has 1 aromatic heterocycles. The van der Waals surface area contributed by atoms with E-state index < -0.39 is 52.5 Å². The highest BCUT2D eigenvalue weighted by Gasteiger charge is 2.29. The van der Waals surface area contributed by atoms with Crippen LogP contribution in [0.15, 0.2) is 83.8 Å². The van der Waals surface area contributed by atoms with Crippen molar-refractivity contribution < 1.29 is 27.6 Å². The van der Waals surface area contributed by atoms with Crippen LogP contribution in [0.5, 0.6) is 0 Å². The van der Waals surface area contributed by atoms with Gasteiger partial charge in [0.25, 0.3) is 11.5 Å². The standard InChI is InChI=1S/C35H33F3N4O4/c1-39(2)26-8-10-27(11-9-26)40-12-14-41(15-13-40)35(46)33(44)20-32(43)29-17-24(16-28-30(37)18-25(36)19-31(28)38)22-42(34(29)45)21-23-6-4-3-5-7-23/h3-11,17-19,22H,12-16,20-21H2,1-2H3. The van der Waals surface area contributed by atoms with E-state index in [1.165, 1.54) is 21.7 Å². The zero-order chi connectivity index (χ0) is 33.0. The molecular weight excluding hydrogens is 597 g/mol. The van der Waals surface area contributed by atoms with E-state index in [4.69, 9.17) is 0 Å². The SMILES string of the molecule is CN(C)c1ccc(N2CCN(C(=O)C(=O)CC(=O)c3cc(Cc4c(F)cc(F)cc4F)cn(Cc4ccccc4)c3=O)CC2)cc1. The van der Waals surface area contributed by atoms with Crippen LogP contribution in [0.1, 0.15) is 33.5 Å². The van der Waals surface area contributed by atoms with E-state index in [1.807, 2.05) is 43.3 Å². The van der Waals surface area contributed by atoms with E-state index in [-0.39, 0.29) is 37.2 Å². The van der Waals surface area contributed by atoms with Crippen LogP contribution in [-0.4, -0.2) is 67.2 Å². The molecule has 5 rings (SSSR count). The van der Waals surface area contributed by atoms with E-state index in [0.717, 1.165) is 16.9 Å². The average molecular weight is 631 g/mol. The lowest BCUT2D eigenvalue weighted by atomic mass is 10.00. The summed E-state index contributed by atoms with van der Waals surface area (Å²) < 4.78 is 43.7. The summed E-state index contributed by atoms with van der Waals surface area (Å²) in [6.07, 6.45) is 0.144. The molecule has 1 amide bonds. The Labute approximate surface area is 264 Å². The first-order valence-corrected chi connectivity index (χ1v) is 14.8. The Morgan fingerprint density at radius 3 is 2.04 bits per heavy atom. The van der Waals surface area contributed by atoms with Gasteiger partial charge in [0.2, 0.25) is 5.78 Å². The second-order valence-corrected chi connectivity index (χ2v) is 11.4. The summed E-state index contributed by atoms with van der Waals surface area (Å²) in [5.74, 6) is -5.95. The topological polar surface area (TPSA) is 82.9 Å². The summed E-state index contributed by atoms with van der Waals surface area (Å²) in [5, 5.41) is 0. The van der Waals surface area contributed by atoms with Gasteiger partial charge in [-0.3, -0.25) is 19.2 Å². The molecule has 1 aliphatic heterocycles. The Morgan fingerprint density at radius 1 is 0.804 bits per heavy atom. The van der Waals surface area contributed by atoms with Gasteiger partial charge < -0.3 is 19.3 Å². The molecule has 46 heavy (non-hydrogen) atoms. The predicted molar refractivity (Wildman–Crippen MR) is 169 cm³/mol. The van der Waals surface area contributed by atoms with Crippen LogP contribution in [0.3, 0.4) is 0 Å². The van der Waals surface area contributed by atoms with Gasteiger partial charge in [-0.1, -0.05) is 30.3 Å². The molecule has 11 heteroatoms. The molecule has 4 aromatic rings. The molecule has 0 bridgehead atoms. The highest BCUT2D eigenvalue weighted by atomic mass is 19.1. The number of nitrogens with zero attached hydrogens (tertiary/aromatic N) is 4. The summed E-state index contributed by atoms with van der Waals surface area (Å²) in [6.45, 7) is 1.59. The van der Waals surface area contributed by atoms with E-state index in [0.29, 0.717) is 25.2 Å². The third kappa shape index (κ3) is 7.36. The molecular formula is C35H33F3N4O4. The Hall–Kier alpha value is -5.19. The summed E-state index contributed by atoms with van der Waals surface area (Å²) in [5.41, 5.74) is 1.42. The number of halogens is 3. The van der Waals surface area contributed by atoms with Crippen LogP contribution in [-0.2, 0) is 22.6 Å². The van der Waals surface area contributed by atoms with Crippen molar-refractivity contribution in [3.8, 4) is 0 Å². The fraction of sp³-hybridized carbons (Fsp3) is 0.257. The number of anilines is 2. The van der Waals surface area contributed by atoms with Crippen LogP contribution in [0, 0.1) is 17.5 Å². The lowest BCUT2D eigenvalue weighted by Crippen LogP contribution is -2.51. The highest BCUT2D eigenvalue weighted by Crippen LogP contribution is 2.22. The van der Waals surface area contributed by atoms with E-state index >= 15 is 0 Å². The highest BCUT2D eigenvalue weighted by molar-refractivity contribution is 6.40. The van der Waals surface area contributed by atoms with Gasteiger partial charge in [-0.15, -0.1) is 0 Å². The van der Waals surface area contributed by atoms with Crippen LogP contribution < -0.4 is 15.4 Å². The van der Waals surface area contributed by atoms with Crippen molar-refractivity contribution in [2.24, 2.45) is 0 Å². The number of benzene rings is 3. The zero-order valence-electron chi connectivity index (χ0n) is 25.5. The first-order valence-electron chi connectivity index (χ1n) is 14.8. The maximum atomic E-state index is 14.5. The smallest absolute Gasteiger partial charge is 0.290 e. The van der Waals surface area contributed by atoms with Crippen LogP contribution in [0.4, 0.5) is 24.5 Å². The largest absolute Gasteiger partial charge is 0.378 e. The lowest BCUT2D eigenvalue weighted by Gasteiger charge is -2.36. The average Bonchev–Trinajstić information content (AvgIpc) is 3.04. The molecule has 0 radical (unpaired) electrons. The van der Waals surface area contributed by atoms with Crippen molar-refractivity contribution in [3.05, 3.63) is 129 Å². The van der Waals surface area contributed by atoms with E-state index in [2.05, 4.69) is 4.90 Å². The van der Waals surface area contributed by atoms with Gasteiger partial charge in [0.05, 0.1) is 18.5 Å². The van der Waals surface area contributed by atoms with Gasteiger partial charge in [-0.2, -0.15) is 0 Å². The first-order chi connectivity index (χ1) is 22.0. The summed E-state index contributed by atoms with van der Waals surface area (Å²) >= 11 is 0. The third-order valence-corrected chi connectivity index (χ3v) is 7.98. The molecule has 2 heterocycles. The van der Waals surface area contributed by atoms with Crippen molar-refractivity contribution in [3.63, 3.8) is 0 Å². The van der Waals surface area contributed by atoms with Gasteiger partial charge in [-0.25, -0.2) is 13.2 Å². The number of ketones is 2. The van der Waals surface area contributed by atoms with Crippen molar-refractivity contribution in [2.75, 3.05) is 50.1 Å². The second kappa shape index (κ2) is 13.8. The molecule has 0 spiro atoms. The Balaban J connectivity index is 1.32. The monoisotopic (exact) mass is 630 g/mol. The van der Waals surface area contributed by atoms with Crippen LogP contribution >= 0.6 is 0 Å². The molecule has 238 valence electrons. The van der Waals surface area contributed by atoms with Crippen molar-refractivity contribution in [2.45, 2.75) is 19.4 Å². The molecule has 1 fully saturated rings. The molecule has 0 atom stereocenters. The number of pyridine rings is 1. The summed E-state index contributed by atoms with van der Waals surface area (Å²) in [6, 6.07) is 19.1. The van der Waals surface area contributed by atoms with Crippen LogP contribution in [0.2, 0.25) is 0 Å². The second-order valence-electron chi connectivity index (χ2n) is 11.4. The number of hydrogen-bond donors (Lipinski definition) is 0. The van der Waals surface area contributed by atoms with Gasteiger partial charge in [0.1, 0.15) is 17.5 Å². The minimum atomic E-state index is -1.11. The maximum Gasteiger partial charge on any atom is 0.290 e. The van der Waals surface area contributed by atoms with Gasteiger partial charge in [0, 0.05) is 82.0 Å². The molecule has 1 aliphatic rings. The molecule has 0 N–H and O–H groups in total. The van der Waals surface area contributed by atoms with Crippen molar-refractivity contribution in [1.29, 1.82) is 0 Å². The quantitative estimate of drug-likeness (QED) is 0.146. The summed E-state index contributed by atoms with van der Waals surface area (Å²) in [7, 11) is 3.91. The zero-order valence-corrected chi connectivity index (χ0v) is 25.5. The number of aromatic nitrogens is 1. The predicted octanol–water partition coefficient (Wildman–Crippen LogP) is 4.46. The number of Topliss-reactive ketones (excluding diaryl/α,β-unsaturated/α-hetero) is 2. The number of hydrogen-bond acceptors (Lipinski definition) is 6. The van der Waals surface area contributed by atoms with Crippen LogP contribution in [0.25, 0.3) is 0 Å². The molecule has 0 unspecified atom stereocenters. The number of piperazine rings is 1. The van der Waals surface area contributed by atoms with Crippen molar-refractivity contribution in [1.82, 2.24) is 9.47 Å². The fourth-order valence-corrected chi connectivity index (χ4v) is 5.46. The fourth-order valence-electron chi connectivity index (χ4n) is 5.46. The Bertz CT molecular complexity index is 1790. The normalized spacial score (nSPS) is 13.1. The molecule has 3 aromatic carbocycles. The maximum absolute atomic E-state index is 14.5. The molecule has 0 aliphatic carbocycles. The van der Waals surface area contributed by atoms with Gasteiger partial charge >= 0.3 is 0 Å². The number of carbonyl (C=O) groups excluding carboxylic acids is 3. The minimum Gasteiger partial charge on any atom is -0.378 e. The van der Waals surface area contributed by atoms with Gasteiger partial charge in [0.15, 0.2) is 5.78 Å². The molecule has 8 nitrogen and oxygen atoms in total. The molecule has 0 saturated carbocycles.